The van der Waals surface area contributed by atoms with Crippen LogP contribution in [0.15, 0.2) is 24.5 Å². The number of aromatic nitrogens is 2. The molecule has 1 N–H and O–H groups in total. The number of aryl methyl sites for hydroxylation is 1. The van der Waals surface area contributed by atoms with Crippen molar-refractivity contribution < 1.29 is 9.59 Å². The van der Waals surface area contributed by atoms with E-state index in [4.69, 9.17) is 0 Å². The maximum atomic E-state index is 11.8. The molecular formula is C12H11N3O2S. The minimum Gasteiger partial charge on any atom is -0.298 e. The summed E-state index contributed by atoms with van der Waals surface area (Å²) in [5.41, 5.74) is 1.09. The lowest BCUT2D eigenvalue weighted by molar-refractivity contribution is 0.101. The lowest BCUT2D eigenvalue weighted by Gasteiger charge is -1.99. The van der Waals surface area contributed by atoms with Gasteiger partial charge in [-0.3, -0.25) is 19.9 Å². The first-order valence-corrected chi connectivity index (χ1v) is 6.09. The molecule has 2 aromatic heterocycles. The Morgan fingerprint density at radius 1 is 1.39 bits per heavy atom. The zero-order chi connectivity index (χ0) is 13.1. The summed E-state index contributed by atoms with van der Waals surface area (Å²) in [5.74, 6) is -0.334. The van der Waals surface area contributed by atoms with E-state index in [1.165, 1.54) is 24.5 Å². The zero-order valence-corrected chi connectivity index (χ0v) is 10.7. The van der Waals surface area contributed by atoms with Crippen molar-refractivity contribution in [2.75, 3.05) is 5.32 Å². The molecule has 2 aromatic rings. The number of rotatable bonds is 3. The van der Waals surface area contributed by atoms with E-state index in [1.54, 1.807) is 25.3 Å². The topological polar surface area (TPSA) is 72.0 Å². The Kier molecular flexibility index (Phi) is 3.47. The van der Waals surface area contributed by atoms with Crippen molar-refractivity contribution in [2.24, 2.45) is 0 Å². The first kappa shape index (κ1) is 12.4. The summed E-state index contributed by atoms with van der Waals surface area (Å²) in [6.07, 6.45) is 3.07. The van der Waals surface area contributed by atoms with Crippen LogP contribution in [0.2, 0.25) is 0 Å². The number of amides is 1. The summed E-state index contributed by atoms with van der Waals surface area (Å²) in [6.45, 7) is 3.22. The van der Waals surface area contributed by atoms with Gasteiger partial charge in [0.15, 0.2) is 10.9 Å². The maximum absolute atomic E-state index is 11.8. The van der Waals surface area contributed by atoms with Crippen LogP contribution in [0.5, 0.6) is 0 Å². The number of thiazole rings is 1. The van der Waals surface area contributed by atoms with E-state index in [-0.39, 0.29) is 11.7 Å². The highest BCUT2D eigenvalue weighted by molar-refractivity contribution is 7.17. The van der Waals surface area contributed by atoms with Crippen molar-refractivity contribution >= 4 is 28.2 Å². The molecule has 0 aromatic carbocycles. The zero-order valence-electron chi connectivity index (χ0n) is 9.93. The van der Waals surface area contributed by atoms with Crippen LogP contribution in [0.4, 0.5) is 5.13 Å². The van der Waals surface area contributed by atoms with E-state index in [2.05, 4.69) is 15.3 Å². The molecule has 0 radical (unpaired) electrons. The van der Waals surface area contributed by atoms with Gasteiger partial charge in [-0.15, -0.1) is 0 Å². The molecule has 2 heterocycles. The Bertz CT molecular complexity index is 593. The van der Waals surface area contributed by atoms with Crippen LogP contribution in [0.25, 0.3) is 0 Å². The smallest absolute Gasteiger partial charge is 0.259 e. The third-order valence-corrected chi connectivity index (χ3v) is 3.43. The molecule has 2 rings (SSSR count). The maximum Gasteiger partial charge on any atom is 0.259 e. The van der Waals surface area contributed by atoms with Crippen LogP contribution >= 0.6 is 11.3 Å². The van der Waals surface area contributed by atoms with Crippen LogP contribution in [0, 0.1) is 6.92 Å². The minimum atomic E-state index is -0.285. The third kappa shape index (κ3) is 2.60. The quantitative estimate of drug-likeness (QED) is 0.860. The number of nitrogens with one attached hydrogen (secondary N) is 1. The molecule has 0 atom stereocenters. The SMILES string of the molecule is CC(=O)c1sc(NC(=O)c2cccnc2)nc1C. The average Bonchev–Trinajstić information content (AvgIpc) is 2.71. The first-order chi connectivity index (χ1) is 8.58. The summed E-state index contributed by atoms with van der Waals surface area (Å²) in [5, 5.41) is 3.07. The molecule has 0 aliphatic heterocycles. The highest BCUT2D eigenvalue weighted by Gasteiger charge is 2.14. The summed E-state index contributed by atoms with van der Waals surface area (Å²) in [4.78, 5) is 31.7. The largest absolute Gasteiger partial charge is 0.298 e. The monoisotopic (exact) mass is 261 g/mol. The molecule has 1 amide bonds. The van der Waals surface area contributed by atoms with E-state index in [1.807, 2.05) is 0 Å². The summed E-state index contributed by atoms with van der Waals surface area (Å²) < 4.78 is 0. The Labute approximate surface area is 108 Å². The molecule has 6 heteroatoms. The molecule has 0 spiro atoms. The molecule has 92 valence electrons. The molecule has 0 saturated carbocycles. The third-order valence-electron chi connectivity index (χ3n) is 2.26. The van der Waals surface area contributed by atoms with Crippen LogP contribution in [-0.2, 0) is 0 Å². The van der Waals surface area contributed by atoms with E-state index >= 15 is 0 Å². The van der Waals surface area contributed by atoms with E-state index in [0.717, 1.165) is 0 Å². The van der Waals surface area contributed by atoms with Crippen molar-refractivity contribution in [1.29, 1.82) is 0 Å². The number of carbonyl (C=O) groups excluding carboxylic acids is 2. The van der Waals surface area contributed by atoms with Crippen LogP contribution < -0.4 is 5.32 Å². The predicted molar refractivity (Wildman–Crippen MR) is 69.0 cm³/mol. The minimum absolute atomic E-state index is 0.0492. The van der Waals surface area contributed by atoms with Crippen molar-refractivity contribution in [3.05, 3.63) is 40.7 Å². The van der Waals surface area contributed by atoms with Gasteiger partial charge in [0.1, 0.15) is 0 Å². The fourth-order valence-corrected chi connectivity index (χ4v) is 2.30. The summed E-state index contributed by atoms with van der Waals surface area (Å²) in [7, 11) is 0. The average molecular weight is 261 g/mol. The van der Waals surface area contributed by atoms with Gasteiger partial charge in [0.25, 0.3) is 5.91 Å². The van der Waals surface area contributed by atoms with Gasteiger partial charge in [0.2, 0.25) is 0 Å². The molecule has 0 unspecified atom stereocenters. The summed E-state index contributed by atoms with van der Waals surface area (Å²) >= 11 is 1.18. The lowest BCUT2D eigenvalue weighted by atomic mass is 10.3. The molecule has 0 fully saturated rings. The van der Waals surface area contributed by atoms with Gasteiger partial charge in [0, 0.05) is 19.3 Å². The van der Waals surface area contributed by atoms with Crippen molar-refractivity contribution in [1.82, 2.24) is 9.97 Å². The molecular weight excluding hydrogens is 250 g/mol. The molecule has 0 aliphatic rings. The van der Waals surface area contributed by atoms with Crippen LogP contribution in [0.3, 0.4) is 0 Å². The van der Waals surface area contributed by atoms with Crippen LogP contribution in [-0.4, -0.2) is 21.7 Å². The van der Waals surface area contributed by atoms with Gasteiger partial charge in [0.05, 0.1) is 16.1 Å². The Hall–Kier alpha value is -2.08. The van der Waals surface area contributed by atoms with Crippen molar-refractivity contribution in [3.8, 4) is 0 Å². The van der Waals surface area contributed by atoms with Crippen LogP contribution in [0.1, 0.15) is 32.6 Å². The van der Waals surface area contributed by atoms with Crippen molar-refractivity contribution in [3.63, 3.8) is 0 Å². The van der Waals surface area contributed by atoms with E-state index < -0.39 is 0 Å². The number of hydrogen-bond acceptors (Lipinski definition) is 5. The standard InChI is InChI=1S/C12H11N3O2S/c1-7-10(8(2)16)18-12(14-7)15-11(17)9-4-3-5-13-6-9/h3-6H,1-2H3,(H,14,15,17). The number of carbonyl (C=O) groups is 2. The van der Waals surface area contributed by atoms with Gasteiger partial charge in [-0.25, -0.2) is 4.98 Å². The highest BCUT2D eigenvalue weighted by atomic mass is 32.1. The number of anilines is 1. The van der Waals surface area contributed by atoms with E-state index in [9.17, 15) is 9.59 Å². The van der Waals surface area contributed by atoms with Gasteiger partial charge < -0.3 is 0 Å². The predicted octanol–water partition coefficient (Wildman–Crippen LogP) is 2.30. The van der Waals surface area contributed by atoms with E-state index in [0.29, 0.717) is 21.3 Å². The number of pyridine rings is 1. The molecule has 18 heavy (non-hydrogen) atoms. The Balaban J connectivity index is 2.18. The second kappa shape index (κ2) is 5.05. The first-order valence-electron chi connectivity index (χ1n) is 5.27. The van der Waals surface area contributed by atoms with Gasteiger partial charge in [-0.05, 0) is 19.1 Å². The van der Waals surface area contributed by atoms with Crippen molar-refractivity contribution in [2.45, 2.75) is 13.8 Å². The number of nitrogens with zero attached hydrogens (tertiary/aromatic N) is 2. The van der Waals surface area contributed by atoms with Gasteiger partial charge >= 0.3 is 0 Å². The lowest BCUT2D eigenvalue weighted by Crippen LogP contribution is -2.11. The molecule has 0 bridgehead atoms. The normalized spacial score (nSPS) is 10.1. The number of ketones is 1. The Morgan fingerprint density at radius 2 is 2.17 bits per heavy atom. The molecule has 5 nitrogen and oxygen atoms in total. The summed E-state index contributed by atoms with van der Waals surface area (Å²) in [6, 6.07) is 3.34. The highest BCUT2D eigenvalue weighted by Crippen LogP contribution is 2.23. The fourth-order valence-electron chi connectivity index (χ4n) is 1.44. The van der Waals surface area contributed by atoms with Gasteiger partial charge in [-0.2, -0.15) is 0 Å². The molecule has 0 saturated heterocycles. The second-order valence-corrected chi connectivity index (χ2v) is 4.68. The number of Topliss-reactive ketones (excluding diaryl/α,β-unsaturated/α-hetero) is 1. The molecule has 0 aliphatic carbocycles. The number of hydrogen-bond donors (Lipinski definition) is 1. The Morgan fingerprint density at radius 3 is 2.72 bits per heavy atom. The van der Waals surface area contributed by atoms with Gasteiger partial charge in [-0.1, -0.05) is 11.3 Å². The fraction of sp³-hybridized carbons (Fsp3) is 0.167. The second-order valence-electron chi connectivity index (χ2n) is 3.69.